The van der Waals surface area contributed by atoms with Crippen LogP contribution in [0.25, 0.3) is 0 Å². The van der Waals surface area contributed by atoms with Gasteiger partial charge in [0.1, 0.15) is 5.82 Å². The number of benzene rings is 1. The number of ether oxygens (including phenoxy) is 1. The van der Waals surface area contributed by atoms with Crippen molar-refractivity contribution in [2.45, 2.75) is 26.1 Å². The van der Waals surface area contributed by atoms with Gasteiger partial charge in [0.2, 0.25) is 0 Å². The molecular formula is C13H16FNO3. The van der Waals surface area contributed by atoms with E-state index in [-0.39, 0.29) is 17.8 Å². The lowest BCUT2D eigenvalue weighted by molar-refractivity contribution is -0.00540. The molecule has 1 heterocycles. The number of hydrogen-bond acceptors (Lipinski definition) is 3. The van der Waals surface area contributed by atoms with Gasteiger partial charge in [-0.2, -0.15) is 0 Å². The van der Waals surface area contributed by atoms with Gasteiger partial charge >= 0.3 is 5.97 Å². The van der Waals surface area contributed by atoms with Gasteiger partial charge in [-0.25, -0.2) is 9.18 Å². The van der Waals surface area contributed by atoms with Gasteiger partial charge in [-0.05, 0) is 32.0 Å². The largest absolute Gasteiger partial charge is 0.478 e. The van der Waals surface area contributed by atoms with E-state index in [1.54, 1.807) is 0 Å². The van der Waals surface area contributed by atoms with Crippen molar-refractivity contribution >= 4 is 11.7 Å². The first kappa shape index (κ1) is 12.8. The van der Waals surface area contributed by atoms with Crippen LogP contribution in [0, 0.1) is 5.82 Å². The maximum atomic E-state index is 13.9. The summed E-state index contributed by atoms with van der Waals surface area (Å²) in [7, 11) is 0. The summed E-state index contributed by atoms with van der Waals surface area (Å²) in [5.41, 5.74) is 0.396. The number of morpholine rings is 1. The number of carboxylic acid groups (broad SMARTS) is 1. The van der Waals surface area contributed by atoms with E-state index in [2.05, 4.69) is 0 Å². The molecule has 0 bridgehead atoms. The molecule has 1 aliphatic heterocycles. The Hall–Kier alpha value is -1.62. The van der Waals surface area contributed by atoms with Crippen molar-refractivity contribution in [2.75, 3.05) is 18.0 Å². The van der Waals surface area contributed by atoms with Crippen LogP contribution < -0.4 is 4.90 Å². The highest BCUT2D eigenvalue weighted by molar-refractivity contribution is 5.88. The quantitative estimate of drug-likeness (QED) is 0.877. The lowest BCUT2D eigenvalue weighted by Crippen LogP contribution is -2.45. The summed E-state index contributed by atoms with van der Waals surface area (Å²) in [6.45, 7) is 5.08. The Balaban J connectivity index is 2.25. The maximum absolute atomic E-state index is 13.9. The zero-order valence-electron chi connectivity index (χ0n) is 10.4. The highest BCUT2D eigenvalue weighted by atomic mass is 19.1. The molecular weight excluding hydrogens is 237 g/mol. The van der Waals surface area contributed by atoms with Gasteiger partial charge in [0.25, 0.3) is 0 Å². The van der Waals surface area contributed by atoms with Crippen LogP contribution in [-0.2, 0) is 4.74 Å². The predicted molar refractivity (Wildman–Crippen MR) is 65.6 cm³/mol. The number of aromatic carboxylic acids is 1. The van der Waals surface area contributed by atoms with Crippen LogP contribution in [-0.4, -0.2) is 36.4 Å². The normalized spacial score (nSPS) is 24.1. The Morgan fingerprint density at radius 1 is 1.39 bits per heavy atom. The number of anilines is 1. The lowest BCUT2D eigenvalue weighted by atomic mass is 10.1. The average Bonchev–Trinajstić information content (AvgIpc) is 2.27. The van der Waals surface area contributed by atoms with Gasteiger partial charge in [0, 0.05) is 13.1 Å². The summed E-state index contributed by atoms with van der Waals surface area (Å²) in [4.78, 5) is 12.6. The third kappa shape index (κ3) is 2.61. The molecule has 1 aromatic carbocycles. The molecule has 5 heteroatoms. The topological polar surface area (TPSA) is 49.8 Å². The number of carboxylic acids is 1. The van der Waals surface area contributed by atoms with Crippen LogP contribution in [0.1, 0.15) is 24.2 Å². The molecule has 2 unspecified atom stereocenters. The lowest BCUT2D eigenvalue weighted by Gasteiger charge is -2.37. The molecule has 18 heavy (non-hydrogen) atoms. The van der Waals surface area contributed by atoms with Crippen LogP contribution in [0.5, 0.6) is 0 Å². The molecule has 1 aromatic rings. The first-order valence-corrected chi connectivity index (χ1v) is 5.90. The van der Waals surface area contributed by atoms with Gasteiger partial charge in [0.05, 0.1) is 23.5 Å². The molecule has 0 aliphatic carbocycles. The Morgan fingerprint density at radius 2 is 2.00 bits per heavy atom. The van der Waals surface area contributed by atoms with Crippen molar-refractivity contribution in [2.24, 2.45) is 0 Å². The van der Waals surface area contributed by atoms with Gasteiger partial charge in [0.15, 0.2) is 0 Å². The van der Waals surface area contributed by atoms with E-state index in [9.17, 15) is 9.18 Å². The molecule has 98 valence electrons. The molecule has 4 nitrogen and oxygen atoms in total. The Morgan fingerprint density at radius 3 is 2.50 bits per heavy atom. The first-order valence-electron chi connectivity index (χ1n) is 5.90. The van der Waals surface area contributed by atoms with Crippen molar-refractivity contribution in [3.05, 3.63) is 29.6 Å². The maximum Gasteiger partial charge on any atom is 0.335 e. The molecule has 0 amide bonds. The molecule has 1 fully saturated rings. The smallest absolute Gasteiger partial charge is 0.335 e. The fourth-order valence-electron chi connectivity index (χ4n) is 2.27. The van der Waals surface area contributed by atoms with Crippen molar-refractivity contribution in [3.8, 4) is 0 Å². The van der Waals surface area contributed by atoms with Crippen LogP contribution in [0.2, 0.25) is 0 Å². The highest BCUT2D eigenvalue weighted by Crippen LogP contribution is 2.24. The standard InChI is InChI=1S/C13H16FNO3/c1-8-6-15(7-9(2)18-8)12-4-3-10(13(16)17)5-11(12)14/h3-5,8-9H,6-7H2,1-2H3,(H,16,17). The number of nitrogens with zero attached hydrogens (tertiary/aromatic N) is 1. The van der Waals surface area contributed by atoms with Gasteiger partial charge in [-0.3, -0.25) is 0 Å². The minimum atomic E-state index is -1.12. The van der Waals surface area contributed by atoms with E-state index in [0.29, 0.717) is 18.8 Å². The Bertz CT molecular complexity index is 454. The summed E-state index contributed by atoms with van der Waals surface area (Å²) >= 11 is 0. The zero-order chi connectivity index (χ0) is 13.3. The van der Waals surface area contributed by atoms with Crippen molar-refractivity contribution in [1.29, 1.82) is 0 Å². The van der Waals surface area contributed by atoms with Crippen molar-refractivity contribution < 1.29 is 19.0 Å². The highest BCUT2D eigenvalue weighted by Gasteiger charge is 2.24. The minimum Gasteiger partial charge on any atom is -0.478 e. The second-order valence-corrected chi connectivity index (χ2v) is 4.63. The van der Waals surface area contributed by atoms with E-state index in [4.69, 9.17) is 9.84 Å². The van der Waals surface area contributed by atoms with Crippen molar-refractivity contribution in [3.63, 3.8) is 0 Å². The fourth-order valence-corrected chi connectivity index (χ4v) is 2.27. The third-order valence-corrected chi connectivity index (χ3v) is 2.95. The summed E-state index contributed by atoms with van der Waals surface area (Å²) in [6.07, 6.45) is 0.0691. The second kappa shape index (κ2) is 4.94. The van der Waals surface area contributed by atoms with E-state index in [0.717, 1.165) is 6.07 Å². The Labute approximate surface area is 105 Å². The second-order valence-electron chi connectivity index (χ2n) is 4.63. The van der Waals surface area contributed by atoms with Gasteiger partial charge < -0.3 is 14.7 Å². The van der Waals surface area contributed by atoms with Crippen LogP contribution in [0.3, 0.4) is 0 Å². The van der Waals surface area contributed by atoms with Gasteiger partial charge in [-0.1, -0.05) is 0 Å². The van der Waals surface area contributed by atoms with E-state index in [1.165, 1.54) is 12.1 Å². The molecule has 1 saturated heterocycles. The molecule has 0 spiro atoms. The third-order valence-electron chi connectivity index (χ3n) is 2.95. The molecule has 2 atom stereocenters. The van der Waals surface area contributed by atoms with E-state index in [1.807, 2.05) is 18.7 Å². The Kier molecular flexibility index (Phi) is 3.52. The number of rotatable bonds is 2. The summed E-state index contributed by atoms with van der Waals surface area (Å²) in [6, 6.07) is 4.00. The number of carbonyl (C=O) groups is 1. The zero-order valence-corrected chi connectivity index (χ0v) is 10.4. The monoisotopic (exact) mass is 253 g/mol. The van der Waals surface area contributed by atoms with E-state index < -0.39 is 11.8 Å². The molecule has 0 radical (unpaired) electrons. The van der Waals surface area contributed by atoms with Crippen LogP contribution in [0.4, 0.5) is 10.1 Å². The summed E-state index contributed by atoms with van der Waals surface area (Å²) in [5.74, 6) is -1.62. The summed E-state index contributed by atoms with van der Waals surface area (Å²) < 4.78 is 19.5. The molecule has 1 aliphatic rings. The molecule has 0 aromatic heterocycles. The molecule has 0 saturated carbocycles. The predicted octanol–water partition coefficient (Wildman–Crippen LogP) is 2.14. The average molecular weight is 253 g/mol. The van der Waals surface area contributed by atoms with E-state index >= 15 is 0 Å². The number of halogens is 1. The molecule has 2 rings (SSSR count). The number of hydrogen-bond donors (Lipinski definition) is 1. The fraction of sp³-hybridized carbons (Fsp3) is 0.462. The minimum absolute atomic E-state index is 0.0345. The first-order chi connectivity index (χ1) is 8.47. The summed E-state index contributed by atoms with van der Waals surface area (Å²) in [5, 5.41) is 8.79. The van der Waals surface area contributed by atoms with Crippen LogP contribution >= 0.6 is 0 Å². The van der Waals surface area contributed by atoms with Gasteiger partial charge in [-0.15, -0.1) is 0 Å². The molecule has 1 N–H and O–H groups in total. The van der Waals surface area contributed by atoms with Crippen molar-refractivity contribution in [1.82, 2.24) is 0 Å². The SMILES string of the molecule is CC1CN(c2ccc(C(=O)O)cc2F)CC(C)O1. The van der Waals surface area contributed by atoms with Crippen LogP contribution in [0.15, 0.2) is 18.2 Å².